The van der Waals surface area contributed by atoms with Gasteiger partial charge < -0.3 is 10.1 Å². The molecule has 0 aliphatic heterocycles. The SMILES string of the molecule is COc1ccc(C)cc1S(=O)(=O)N(CC(=O)Nc1cc([N+](=O)[O-])ccc1C)c1cccc(C(F)(F)F)c1. The topological polar surface area (TPSA) is 119 Å². The van der Waals surface area contributed by atoms with Crippen molar-refractivity contribution >= 4 is 33.0 Å². The first-order valence-corrected chi connectivity index (χ1v) is 12.1. The lowest BCUT2D eigenvalue weighted by atomic mass is 10.2. The Morgan fingerprint density at radius 1 is 1.08 bits per heavy atom. The molecule has 0 atom stereocenters. The number of anilines is 2. The average molecular weight is 538 g/mol. The lowest BCUT2D eigenvalue weighted by Gasteiger charge is -2.26. The molecule has 3 aromatic carbocycles. The van der Waals surface area contributed by atoms with Gasteiger partial charge in [0.25, 0.3) is 15.7 Å². The number of hydrogen-bond donors (Lipinski definition) is 1. The van der Waals surface area contributed by atoms with Crippen molar-refractivity contribution in [2.45, 2.75) is 24.9 Å². The minimum absolute atomic E-state index is 0.0497. The van der Waals surface area contributed by atoms with Crippen molar-refractivity contribution in [2.75, 3.05) is 23.3 Å². The fourth-order valence-corrected chi connectivity index (χ4v) is 5.09. The van der Waals surface area contributed by atoms with E-state index in [2.05, 4.69) is 5.32 Å². The molecule has 0 fully saturated rings. The molecule has 0 spiro atoms. The van der Waals surface area contributed by atoms with Crippen molar-refractivity contribution in [1.29, 1.82) is 0 Å². The molecule has 0 aromatic heterocycles. The zero-order valence-corrected chi connectivity index (χ0v) is 20.7. The molecule has 9 nitrogen and oxygen atoms in total. The molecular formula is C24H22F3N3O6S. The zero-order valence-electron chi connectivity index (χ0n) is 19.9. The first kappa shape index (κ1) is 27.5. The van der Waals surface area contributed by atoms with Crippen LogP contribution in [0.5, 0.6) is 5.75 Å². The second kappa shape index (κ2) is 10.5. The van der Waals surface area contributed by atoms with Gasteiger partial charge in [0, 0.05) is 12.1 Å². The fraction of sp³-hybridized carbons (Fsp3) is 0.208. The maximum atomic E-state index is 13.7. The molecule has 37 heavy (non-hydrogen) atoms. The number of aryl methyl sites for hydroxylation is 2. The van der Waals surface area contributed by atoms with Gasteiger partial charge in [-0.3, -0.25) is 19.2 Å². The Kier molecular flexibility index (Phi) is 7.77. The molecular weight excluding hydrogens is 515 g/mol. The predicted molar refractivity (Wildman–Crippen MR) is 130 cm³/mol. The summed E-state index contributed by atoms with van der Waals surface area (Å²) in [6.07, 6.45) is -4.77. The second-order valence-corrected chi connectivity index (χ2v) is 9.85. The minimum atomic E-state index is -4.77. The van der Waals surface area contributed by atoms with E-state index in [1.807, 2.05) is 0 Å². The molecule has 3 aromatic rings. The summed E-state index contributed by atoms with van der Waals surface area (Å²) >= 11 is 0. The van der Waals surface area contributed by atoms with E-state index < -0.39 is 44.8 Å². The molecule has 0 saturated heterocycles. The number of methoxy groups -OCH3 is 1. The van der Waals surface area contributed by atoms with Crippen molar-refractivity contribution in [3.8, 4) is 5.75 Å². The van der Waals surface area contributed by atoms with E-state index in [-0.39, 0.29) is 22.0 Å². The number of carbonyl (C=O) groups excluding carboxylic acids is 1. The number of sulfonamides is 1. The lowest BCUT2D eigenvalue weighted by Crippen LogP contribution is -2.38. The number of nitro benzene ring substituents is 1. The Bertz CT molecular complexity index is 1460. The van der Waals surface area contributed by atoms with E-state index in [9.17, 15) is 36.5 Å². The maximum Gasteiger partial charge on any atom is 0.416 e. The average Bonchev–Trinajstić information content (AvgIpc) is 2.83. The number of halogens is 3. The number of nitrogens with zero attached hydrogens (tertiary/aromatic N) is 2. The normalized spacial score (nSPS) is 11.6. The van der Waals surface area contributed by atoms with Crippen LogP contribution in [0.25, 0.3) is 0 Å². The molecule has 0 radical (unpaired) electrons. The van der Waals surface area contributed by atoms with Gasteiger partial charge in [0.2, 0.25) is 5.91 Å². The standard InChI is InChI=1S/C24H22F3N3O6S/c1-15-7-10-21(36-3)22(11-15)37(34,35)29(18-6-4-5-17(12-18)24(25,26)27)14-23(31)28-20-13-19(30(32)33)9-8-16(20)2/h4-13H,14H2,1-3H3,(H,28,31). The monoisotopic (exact) mass is 537 g/mol. The van der Waals surface area contributed by atoms with E-state index in [4.69, 9.17) is 4.74 Å². The molecule has 0 bridgehead atoms. The third-order valence-electron chi connectivity index (χ3n) is 5.34. The molecule has 0 heterocycles. The van der Waals surface area contributed by atoms with Crippen LogP contribution in [-0.2, 0) is 21.0 Å². The number of hydrogen-bond acceptors (Lipinski definition) is 6. The van der Waals surface area contributed by atoms with Gasteiger partial charge in [0.15, 0.2) is 0 Å². The summed E-state index contributed by atoms with van der Waals surface area (Å²) in [6, 6.07) is 11.5. The van der Waals surface area contributed by atoms with Crippen molar-refractivity contribution in [3.63, 3.8) is 0 Å². The molecule has 3 rings (SSSR count). The van der Waals surface area contributed by atoms with Crippen LogP contribution in [0.3, 0.4) is 0 Å². The summed E-state index contributed by atoms with van der Waals surface area (Å²) in [5.74, 6) is -1.01. The molecule has 1 amide bonds. The van der Waals surface area contributed by atoms with Gasteiger partial charge in [-0.25, -0.2) is 8.42 Å². The highest BCUT2D eigenvalue weighted by Crippen LogP contribution is 2.35. The van der Waals surface area contributed by atoms with Gasteiger partial charge in [-0.05, 0) is 55.3 Å². The van der Waals surface area contributed by atoms with E-state index in [0.29, 0.717) is 21.5 Å². The quantitative estimate of drug-likeness (QED) is 0.317. The van der Waals surface area contributed by atoms with Gasteiger partial charge in [-0.2, -0.15) is 13.2 Å². The molecule has 13 heteroatoms. The van der Waals surface area contributed by atoms with Gasteiger partial charge in [0.1, 0.15) is 17.2 Å². The predicted octanol–water partition coefficient (Wildman–Crippen LogP) is 5.07. The van der Waals surface area contributed by atoms with Crippen LogP contribution in [0, 0.1) is 24.0 Å². The Morgan fingerprint density at radius 3 is 2.41 bits per heavy atom. The zero-order chi connectivity index (χ0) is 27.5. The van der Waals surface area contributed by atoms with E-state index in [0.717, 1.165) is 24.3 Å². The van der Waals surface area contributed by atoms with Crippen molar-refractivity contribution in [1.82, 2.24) is 0 Å². The van der Waals surface area contributed by atoms with Crippen LogP contribution in [0.15, 0.2) is 65.6 Å². The Hall–Kier alpha value is -4.13. The van der Waals surface area contributed by atoms with Crippen molar-refractivity contribution in [2.24, 2.45) is 0 Å². The van der Waals surface area contributed by atoms with Gasteiger partial charge >= 0.3 is 6.18 Å². The summed E-state index contributed by atoms with van der Waals surface area (Å²) in [7, 11) is -3.40. The number of rotatable bonds is 8. The second-order valence-electron chi connectivity index (χ2n) is 8.02. The fourth-order valence-electron chi connectivity index (χ4n) is 3.44. The van der Waals surface area contributed by atoms with Gasteiger partial charge in [-0.15, -0.1) is 0 Å². The molecule has 196 valence electrons. The summed E-state index contributed by atoms with van der Waals surface area (Å²) in [4.78, 5) is 23.1. The Labute approximate surface area is 210 Å². The number of carbonyl (C=O) groups is 1. The van der Waals surface area contributed by atoms with Crippen LogP contribution < -0.4 is 14.4 Å². The molecule has 0 saturated carbocycles. The van der Waals surface area contributed by atoms with Gasteiger partial charge in [0.05, 0.1) is 29.0 Å². The highest BCUT2D eigenvalue weighted by atomic mass is 32.2. The molecule has 0 unspecified atom stereocenters. The van der Waals surface area contributed by atoms with Crippen LogP contribution in [-0.4, -0.2) is 32.9 Å². The summed E-state index contributed by atoms with van der Waals surface area (Å²) in [5, 5.41) is 13.5. The Morgan fingerprint density at radius 2 is 1.78 bits per heavy atom. The van der Waals surface area contributed by atoms with Crippen LogP contribution in [0.4, 0.5) is 30.2 Å². The lowest BCUT2D eigenvalue weighted by molar-refractivity contribution is -0.384. The van der Waals surface area contributed by atoms with E-state index in [1.54, 1.807) is 19.9 Å². The van der Waals surface area contributed by atoms with Crippen LogP contribution >= 0.6 is 0 Å². The van der Waals surface area contributed by atoms with Crippen molar-refractivity contribution < 1.29 is 36.0 Å². The largest absolute Gasteiger partial charge is 0.495 e. The molecule has 0 aliphatic carbocycles. The van der Waals surface area contributed by atoms with Gasteiger partial charge in [-0.1, -0.05) is 18.2 Å². The smallest absolute Gasteiger partial charge is 0.416 e. The highest BCUT2D eigenvalue weighted by Gasteiger charge is 2.34. The number of non-ortho nitro benzene ring substituents is 1. The summed E-state index contributed by atoms with van der Waals surface area (Å²) in [6.45, 7) is 2.26. The van der Waals surface area contributed by atoms with Crippen LogP contribution in [0.2, 0.25) is 0 Å². The van der Waals surface area contributed by atoms with E-state index >= 15 is 0 Å². The Balaban J connectivity index is 2.10. The first-order valence-electron chi connectivity index (χ1n) is 10.6. The number of nitro groups is 1. The number of nitrogens with one attached hydrogen (secondary N) is 1. The molecule has 1 N–H and O–H groups in total. The first-order chi connectivity index (χ1) is 17.2. The minimum Gasteiger partial charge on any atom is -0.495 e. The third kappa shape index (κ3) is 6.17. The summed E-state index contributed by atoms with van der Waals surface area (Å²) < 4.78 is 73.3. The number of benzene rings is 3. The van der Waals surface area contributed by atoms with Crippen molar-refractivity contribution in [3.05, 3.63) is 87.5 Å². The highest BCUT2D eigenvalue weighted by molar-refractivity contribution is 7.93. The van der Waals surface area contributed by atoms with E-state index in [1.165, 1.54) is 31.4 Å². The summed E-state index contributed by atoms with van der Waals surface area (Å²) in [5.41, 5.74) is -0.810. The maximum absolute atomic E-state index is 13.7. The number of ether oxygens (including phenoxy) is 1. The molecule has 0 aliphatic rings. The third-order valence-corrected chi connectivity index (χ3v) is 7.14. The number of amides is 1. The number of alkyl halides is 3. The van der Waals surface area contributed by atoms with Crippen LogP contribution in [0.1, 0.15) is 16.7 Å².